The van der Waals surface area contributed by atoms with Crippen molar-refractivity contribution in [1.29, 1.82) is 0 Å². The smallest absolute Gasteiger partial charge is 0.422 e. The molecule has 172 valence electrons. The zero-order valence-corrected chi connectivity index (χ0v) is 18.3. The summed E-state index contributed by atoms with van der Waals surface area (Å²) in [6.07, 6.45) is -3.83. The first-order valence-electron chi connectivity index (χ1n) is 9.92. The number of carbonyl (C=O) groups excluding carboxylic acids is 1. The summed E-state index contributed by atoms with van der Waals surface area (Å²) >= 11 is 6.08. The van der Waals surface area contributed by atoms with Crippen molar-refractivity contribution in [3.8, 4) is 5.75 Å². The molecule has 2 aliphatic heterocycles. The number of fused-ring (bicyclic) bond motifs is 1. The summed E-state index contributed by atoms with van der Waals surface area (Å²) < 4.78 is 69.0. The Balaban J connectivity index is 1.47. The molecule has 1 amide bonds. The number of hydrogen-bond acceptors (Lipinski definition) is 4. The second-order valence-electron chi connectivity index (χ2n) is 7.80. The monoisotopic (exact) mass is 488 g/mol. The van der Waals surface area contributed by atoms with Crippen LogP contribution in [0.4, 0.5) is 18.9 Å². The molecule has 4 rings (SSSR count). The second kappa shape index (κ2) is 8.57. The van der Waals surface area contributed by atoms with Crippen molar-refractivity contribution in [3.63, 3.8) is 0 Å². The van der Waals surface area contributed by atoms with Gasteiger partial charge in [-0.2, -0.15) is 17.5 Å². The Morgan fingerprint density at radius 2 is 1.75 bits per heavy atom. The number of anilines is 1. The zero-order valence-electron chi connectivity index (χ0n) is 16.8. The summed E-state index contributed by atoms with van der Waals surface area (Å²) in [6, 6.07) is 12.0. The minimum atomic E-state index is -4.44. The van der Waals surface area contributed by atoms with Gasteiger partial charge >= 0.3 is 6.18 Å². The summed E-state index contributed by atoms with van der Waals surface area (Å²) in [5.41, 5.74) is 0.528. The van der Waals surface area contributed by atoms with Crippen molar-refractivity contribution in [3.05, 3.63) is 53.6 Å². The van der Waals surface area contributed by atoms with Gasteiger partial charge in [-0.25, -0.2) is 8.42 Å². The maximum Gasteiger partial charge on any atom is 0.422 e. The van der Waals surface area contributed by atoms with Gasteiger partial charge in [0.1, 0.15) is 10.6 Å². The molecular formula is C21H20ClF3N2O4S. The van der Waals surface area contributed by atoms with E-state index < -0.39 is 28.7 Å². The van der Waals surface area contributed by atoms with E-state index in [1.165, 1.54) is 40.7 Å². The summed E-state index contributed by atoms with van der Waals surface area (Å²) in [5, 5.41) is 0.128. The van der Waals surface area contributed by atoms with Crippen molar-refractivity contribution in [1.82, 2.24) is 4.31 Å². The molecule has 2 aromatic rings. The van der Waals surface area contributed by atoms with Gasteiger partial charge < -0.3 is 9.64 Å². The number of ether oxygens (including phenoxy) is 1. The molecule has 2 saturated heterocycles. The fraction of sp³-hybridized carbons (Fsp3) is 0.381. The minimum absolute atomic E-state index is 0.0130. The number of hydrogen-bond donors (Lipinski definition) is 0. The first-order chi connectivity index (χ1) is 15.1. The van der Waals surface area contributed by atoms with Crippen molar-refractivity contribution in [2.75, 3.05) is 31.1 Å². The maximum atomic E-state index is 13.1. The number of benzene rings is 2. The summed E-state index contributed by atoms with van der Waals surface area (Å²) in [5.74, 6) is -0.763. The third kappa shape index (κ3) is 4.57. The normalized spacial score (nSPS) is 22.1. The number of amides is 1. The predicted molar refractivity (Wildman–Crippen MR) is 112 cm³/mol. The Morgan fingerprint density at radius 3 is 2.41 bits per heavy atom. The van der Waals surface area contributed by atoms with E-state index in [1.807, 2.05) is 0 Å². The Kier molecular flexibility index (Phi) is 6.12. The van der Waals surface area contributed by atoms with Gasteiger partial charge in [-0.05, 0) is 48.7 Å². The summed E-state index contributed by atoms with van der Waals surface area (Å²) in [7, 11) is -3.83. The van der Waals surface area contributed by atoms with Crippen LogP contribution in [0.5, 0.6) is 5.75 Å². The van der Waals surface area contributed by atoms with Gasteiger partial charge in [0.25, 0.3) is 0 Å². The van der Waals surface area contributed by atoms with Crippen LogP contribution in [0.2, 0.25) is 5.02 Å². The molecular weight excluding hydrogens is 469 g/mol. The SMILES string of the molecule is O=C1C2CN(S(=O)(=O)c3ccccc3Cl)CC2CCN1c1ccc(OCC(F)(F)F)cc1. The van der Waals surface area contributed by atoms with Crippen LogP contribution < -0.4 is 9.64 Å². The molecule has 2 atom stereocenters. The molecule has 2 unspecified atom stereocenters. The zero-order chi connectivity index (χ0) is 23.1. The Hall–Kier alpha value is -2.30. The number of nitrogens with zero attached hydrogens (tertiary/aromatic N) is 2. The van der Waals surface area contributed by atoms with Crippen LogP contribution >= 0.6 is 11.6 Å². The van der Waals surface area contributed by atoms with Crippen LogP contribution in [0, 0.1) is 11.8 Å². The van der Waals surface area contributed by atoms with Crippen molar-refractivity contribution in [2.45, 2.75) is 17.5 Å². The number of carbonyl (C=O) groups is 1. The van der Waals surface area contributed by atoms with Crippen LogP contribution in [-0.2, 0) is 14.8 Å². The average molecular weight is 489 g/mol. The van der Waals surface area contributed by atoms with E-state index in [1.54, 1.807) is 17.0 Å². The first kappa shape index (κ1) is 22.9. The molecule has 2 aromatic carbocycles. The highest BCUT2D eigenvalue weighted by atomic mass is 35.5. The van der Waals surface area contributed by atoms with E-state index in [0.29, 0.717) is 18.7 Å². The molecule has 6 nitrogen and oxygen atoms in total. The quantitative estimate of drug-likeness (QED) is 0.639. The van der Waals surface area contributed by atoms with Gasteiger partial charge in [0.2, 0.25) is 15.9 Å². The fourth-order valence-electron chi connectivity index (χ4n) is 4.14. The predicted octanol–water partition coefficient (Wildman–Crippen LogP) is 3.95. The highest BCUT2D eigenvalue weighted by Gasteiger charge is 2.47. The van der Waals surface area contributed by atoms with Crippen LogP contribution in [0.1, 0.15) is 6.42 Å². The lowest BCUT2D eigenvalue weighted by molar-refractivity contribution is -0.153. The molecule has 32 heavy (non-hydrogen) atoms. The average Bonchev–Trinajstić information content (AvgIpc) is 3.19. The third-order valence-electron chi connectivity index (χ3n) is 5.72. The molecule has 2 heterocycles. The highest BCUT2D eigenvalue weighted by molar-refractivity contribution is 7.89. The van der Waals surface area contributed by atoms with Gasteiger partial charge in [0.15, 0.2) is 6.61 Å². The lowest BCUT2D eigenvalue weighted by Gasteiger charge is -2.33. The van der Waals surface area contributed by atoms with E-state index in [4.69, 9.17) is 16.3 Å². The molecule has 0 spiro atoms. The van der Waals surface area contributed by atoms with Gasteiger partial charge in [-0.3, -0.25) is 4.79 Å². The number of piperidine rings is 1. The van der Waals surface area contributed by atoms with Crippen LogP contribution in [0.15, 0.2) is 53.4 Å². The van der Waals surface area contributed by atoms with Crippen LogP contribution in [0.3, 0.4) is 0 Å². The number of halogens is 4. The Bertz CT molecular complexity index is 1110. The van der Waals surface area contributed by atoms with Crippen molar-refractivity contribution in [2.24, 2.45) is 11.8 Å². The second-order valence-corrected chi connectivity index (χ2v) is 10.1. The standard InChI is InChI=1S/C21H20ClF3N2O4S/c22-18-3-1-2-4-19(18)32(29,30)26-11-14-9-10-27(20(28)17(14)12-26)15-5-7-16(8-6-15)31-13-21(23,24)25/h1-8,14,17H,9-13H2. The van der Waals surface area contributed by atoms with Gasteiger partial charge in [0.05, 0.1) is 10.9 Å². The Morgan fingerprint density at radius 1 is 1.06 bits per heavy atom. The molecule has 0 bridgehead atoms. The summed E-state index contributed by atoms with van der Waals surface area (Å²) in [6.45, 7) is -0.709. The number of rotatable bonds is 5. The minimum Gasteiger partial charge on any atom is -0.484 e. The van der Waals surface area contributed by atoms with E-state index >= 15 is 0 Å². The topological polar surface area (TPSA) is 66.9 Å². The lowest BCUT2D eigenvalue weighted by atomic mass is 9.87. The molecule has 0 aromatic heterocycles. The molecule has 2 aliphatic rings. The van der Waals surface area contributed by atoms with E-state index in [0.717, 1.165) is 0 Å². The molecule has 0 radical (unpaired) electrons. The fourth-order valence-corrected chi connectivity index (χ4v) is 6.16. The molecule has 0 N–H and O–H groups in total. The Labute approximate surface area is 188 Å². The van der Waals surface area contributed by atoms with Gasteiger partial charge in [0, 0.05) is 25.3 Å². The third-order valence-corrected chi connectivity index (χ3v) is 8.05. The van der Waals surface area contributed by atoms with Crippen LogP contribution in [0.25, 0.3) is 0 Å². The van der Waals surface area contributed by atoms with Crippen molar-refractivity contribution < 1.29 is 31.1 Å². The highest BCUT2D eigenvalue weighted by Crippen LogP contribution is 2.38. The van der Waals surface area contributed by atoms with Crippen molar-refractivity contribution >= 4 is 33.2 Å². The van der Waals surface area contributed by atoms with Crippen LogP contribution in [-0.4, -0.2) is 51.0 Å². The van der Waals surface area contributed by atoms with E-state index in [9.17, 15) is 26.4 Å². The van der Waals surface area contributed by atoms with Gasteiger partial charge in [-0.1, -0.05) is 23.7 Å². The number of sulfonamides is 1. The first-order valence-corrected chi connectivity index (χ1v) is 11.7. The van der Waals surface area contributed by atoms with E-state index in [-0.39, 0.29) is 40.6 Å². The maximum absolute atomic E-state index is 13.1. The largest absolute Gasteiger partial charge is 0.484 e. The molecule has 11 heteroatoms. The molecule has 0 saturated carbocycles. The summed E-state index contributed by atoms with van der Waals surface area (Å²) in [4.78, 5) is 14.7. The lowest BCUT2D eigenvalue weighted by Crippen LogP contribution is -2.45. The molecule has 2 fully saturated rings. The molecule has 0 aliphatic carbocycles. The van der Waals surface area contributed by atoms with E-state index in [2.05, 4.69) is 0 Å². The van der Waals surface area contributed by atoms with Gasteiger partial charge in [-0.15, -0.1) is 0 Å². The number of alkyl halides is 3.